The highest BCUT2D eigenvalue weighted by molar-refractivity contribution is 6.01. The van der Waals surface area contributed by atoms with Gasteiger partial charge in [0.1, 0.15) is 11.4 Å². The molecule has 2 heterocycles. The van der Waals surface area contributed by atoms with Gasteiger partial charge in [0.15, 0.2) is 0 Å². The summed E-state index contributed by atoms with van der Waals surface area (Å²) >= 11 is 0. The first kappa shape index (κ1) is 25.9. The summed E-state index contributed by atoms with van der Waals surface area (Å²) in [6, 6.07) is 5.88. The summed E-state index contributed by atoms with van der Waals surface area (Å²) in [5.74, 6) is -1.79. The van der Waals surface area contributed by atoms with Gasteiger partial charge in [-0.15, -0.1) is 0 Å². The number of pyridine rings is 1. The fourth-order valence-electron chi connectivity index (χ4n) is 3.11. The molecule has 3 N–H and O–H groups in total. The van der Waals surface area contributed by atoms with Crippen molar-refractivity contribution < 1.29 is 32.6 Å². The molecule has 0 spiro atoms. The number of anilines is 5. The van der Waals surface area contributed by atoms with Gasteiger partial charge in [0, 0.05) is 18.5 Å². The van der Waals surface area contributed by atoms with E-state index in [0.29, 0.717) is 16.7 Å². The van der Waals surface area contributed by atoms with Gasteiger partial charge in [-0.2, -0.15) is 18.2 Å². The van der Waals surface area contributed by atoms with Crippen LogP contribution < -0.4 is 20.3 Å². The maximum absolute atomic E-state index is 13.8. The first-order valence-electron chi connectivity index (χ1n) is 10.2. The van der Waals surface area contributed by atoms with Gasteiger partial charge in [-0.25, -0.2) is 19.7 Å². The Morgan fingerprint density at radius 1 is 1.14 bits per heavy atom. The third kappa shape index (κ3) is 5.68. The molecule has 36 heavy (non-hydrogen) atoms. The Kier molecular flexibility index (Phi) is 7.42. The number of alkyl halides is 3. The van der Waals surface area contributed by atoms with Crippen molar-refractivity contribution in [2.45, 2.75) is 20.0 Å². The van der Waals surface area contributed by atoms with Crippen LogP contribution in [-0.4, -0.2) is 39.2 Å². The molecule has 0 fully saturated rings. The molecule has 188 valence electrons. The monoisotopic (exact) mass is 502 g/mol. The molecule has 0 saturated carbocycles. The van der Waals surface area contributed by atoms with E-state index in [9.17, 15) is 27.9 Å². The van der Waals surface area contributed by atoms with Crippen molar-refractivity contribution in [1.29, 1.82) is 0 Å². The Labute approximate surface area is 203 Å². The SMILES string of the molecule is C=CC(=O)Nc1cc(C)ccc1Nc1nc(N(C(=O)O)c2cc(OC)ncc2C)ncc1C(F)(F)F. The van der Waals surface area contributed by atoms with Gasteiger partial charge in [-0.05, 0) is 43.2 Å². The van der Waals surface area contributed by atoms with Gasteiger partial charge in [0.05, 0.1) is 24.2 Å². The average Bonchev–Trinajstić information content (AvgIpc) is 2.81. The van der Waals surface area contributed by atoms with Crippen LogP contribution in [0.5, 0.6) is 5.88 Å². The Bertz CT molecular complexity index is 1330. The molecule has 0 radical (unpaired) electrons. The molecule has 10 nitrogen and oxygen atoms in total. The molecule has 3 rings (SSSR count). The van der Waals surface area contributed by atoms with Crippen LogP contribution >= 0.6 is 0 Å². The molecule has 3 aromatic rings. The number of aromatic nitrogens is 3. The number of hydrogen-bond acceptors (Lipinski definition) is 7. The number of nitrogens with zero attached hydrogens (tertiary/aromatic N) is 4. The summed E-state index contributed by atoms with van der Waals surface area (Å²) in [6.45, 7) is 6.65. The second kappa shape index (κ2) is 10.3. The van der Waals surface area contributed by atoms with E-state index in [0.717, 1.165) is 11.6 Å². The number of halogens is 3. The van der Waals surface area contributed by atoms with Gasteiger partial charge in [0.2, 0.25) is 17.7 Å². The number of rotatable bonds is 7. The number of amides is 2. The largest absolute Gasteiger partial charge is 0.481 e. The summed E-state index contributed by atoms with van der Waals surface area (Å²) in [5.41, 5.74) is 0.131. The normalized spacial score (nSPS) is 10.9. The lowest BCUT2D eigenvalue weighted by Gasteiger charge is -2.22. The number of carboxylic acid groups (broad SMARTS) is 1. The lowest BCUT2D eigenvalue weighted by atomic mass is 10.1. The van der Waals surface area contributed by atoms with Crippen LogP contribution in [0.4, 0.5) is 46.8 Å². The number of hydrogen-bond donors (Lipinski definition) is 3. The molecule has 0 aliphatic heterocycles. The third-order valence-electron chi connectivity index (χ3n) is 4.84. The summed E-state index contributed by atoms with van der Waals surface area (Å²) < 4.78 is 46.4. The summed E-state index contributed by atoms with van der Waals surface area (Å²) in [5, 5.41) is 14.9. The highest BCUT2D eigenvalue weighted by atomic mass is 19.4. The highest BCUT2D eigenvalue weighted by Crippen LogP contribution is 2.38. The number of carbonyl (C=O) groups excluding carboxylic acids is 1. The van der Waals surface area contributed by atoms with Crippen molar-refractivity contribution in [1.82, 2.24) is 15.0 Å². The fourth-order valence-corrected chi connectivity index (χ4v) is 3.11. The molecule has 2 amide bonds. The summed E-state index contributed by atoms with van der Waals surface area (Å²) in [4.78, 5) is 36.1. The quantitative estimate of drug-likeness (QED) is 0.376. The van der Waals surface area contributed by atoms with Crippen molar-refractivity contribution in [2.75, 3.05) is 22.6 Å². The van der Waals surface area contributed by atoms with Gasteiger partial charge in [-0.1, -0.05) is 12.6 Å². The zero-order valence-corrected chi connectivity index (χ0v) is 19.3. The summed E-state index contributed by atoms with van der Waals surface area (Å²) in [6.07, 6.45) is -3.60. The number of benzene rings is 1. The van der Waals surface area contributed by atoms with Crippen LogP contribution in [0.15, 0.2) is 49.3 Å². The first-order valence-corrected chi connectivity index (χ1v) is 10.2. The van der Waals surface area contributed by atoms with E-state index in [2.05, 4.69) is 32.2 Å². The first-order chi connectivity index (χ1) is 16.9. The molecule has 13 heteroatoms. The predicted molar refractivity (Wildman–Crippen MR) is 126 cm³/mol. The van der Waals surface area contributed by atoms with Crippen molar-refractivity contribution in [2.24, 2.45) is 0 Å². The maximum atomic E-state index is 13.8. The second-order valence-corrected chi connectivity index (χ2v) is 7.43. The average molecular weight is 502 g/mol. The van der Waals surface area contributed by atoms with Gasteiger partial charge in [0.25, 0.3) is 0 Å². The lowest BCUT2D eigenvalue weighted by Crippen LogP contribution is -2.27. The van der Waals surface area contributed by atoms with E-state index in [1.165, 1.54) is 31.5 Å². The Morgan fingerprint density at radius 3 is 2.47 bits per heavy atom. The summed E-state index contributed by atoms with van der Waals surface area (Å²) in [7, 11) is 1.33. The minimum atomic E-state index is -4.88. The fraction of sp³-hybridized carbons (Fsp3) is 0.174. The number of methoxy groups -OCH3 is 1. The van der Waals surface area contributed by atoms with Crippen LogP contribution in [-0.2, 0) is 11.0 Å². The van der Waals surface area contributed by atoms with Crippen LogP contribution in [0.1, 0.15) is 16.7 Å². The third-order valence-corrected chi connectivity index (χ3v) is 4.84. The van der Waals surface area contributed by atoms with E-state index in [1.54, 1.807) is 19.9 Å². The minimum Gasteiger partial charge on any atom is -0.481 e. The van der Waals surface area contributed by atoms with Crippen LogP contribution in [0.3, 0.4) is 0 Å². The minimum absolute atomic E-state index is 0.0364. The molecule has 0 bridgehead atoms. The van der Waals surface area contributed by atoms with Gasteiger partial charge in [-0.3, -0.25) is 4.79 Å². The molecule has 0 saturated heterocycles. The maximum Gasteiger partial charge on any atom is 0.421 e. The number of nitrogens with one attached hydrogen (secondary N) is 2. The zero-order chi connectivity index (χ0) is 26.6. The highest BCUT2D eigenvalue weighted by Gasteiger charge is 2.36. The molecule has 0 aliphatic carbocycles. The molecule has 0 aliphatic rings. The standard InChI is InChI=1S/C23H21F3N6O4/c1-5-18(33)29-16-8-12(2)6-7-15(16)30-20-14(23(24,25)26)11-28-21(31-20)32(22(34)35)17-9-19(36-4)27-10-13(17)3/h5-11H,1H2,2-4H3,(H,29,33)(H,34,35)(H,28,30,31). The van der Waals surface area contributed by atoms with Crippen LogP contribution in [0, 0.1) is 13.8 Å². The molecule has 0 atom stereocenters. The number of carbonyl (C=O) groups is 2. The Hall–Kier alpha value is -4.68. The van der Waals surface area contributed by atoms with E-state index < -0.39 is 35.5 Å². The topological polar surface area (TPSA) is 130 Å². The van der Waals surface area contributed by atoms with E-state index in [-0.39, 0.29) is 22.9 Å². The van der Waals surface area contributed by atoms with Crippen LogP contribution in [0.2, 0.25) is 0 Å². The molecular weight excluding hydrogens is 481 g/mol. The molecule has 1 aromatic carbocycles. The Balaban J connectivity index is 2.17. The molecular formula is C23H21F3N6O4. The van der Waals surface area contributed by atoms with Gasteiger partial charge < -0.3 is 20.5 Å². The van der Waals surface area contributed by atoms with Crippen LogP contribution in [0.25, 0.3) is 0 Å². The molecule has 2 aromatic heterocycles. The smallest absolute Gasteiger partial charge is 0.421 e. The van der Waals surface area contributed by atoms with Gasteiger partial charge >= 0.3 is 12.3 Å². The number of aryl methyl sites for hydroxylation is 2. The molecule has 0 unspecified atom stereocenters. The van der Waals surface area contributed by atoms with E-state index in [4.69, 9.17) is 4.74 Å². The zero-order valence-electron chi connectivity index (χ0n) is 19.3. The van der Waals surface area contributed by atoms with Crippen molar-refractivity contribution in [3.8, 4) is 5.88 Å². The Morgan fingerprint density at radius 2 is 1.86 bits per heavy atom. The number of ether oxygens (including phenoxy) is 1. The lowest BCUT2D eigenvalue weighted by molar-refractivity contribution is -0.137. The van der Waals surface area contributed by atoms with Crippen molar-refractivity contribution in [3.63, 3.8) is 0 Å². The predicted octanol–water partition coefficient (Wildman–Crippen LogP) is 5.20. The van der Waals surface area contributed by atoms with Crippen molar-refractivity contribution in [3.05, 3.63) is 66.0 Å². The second-order valence-electron chi connectivity index (χ2n) is 7.43. The van der Waals surface area contributed by atoms with E-state index >= 15 is 0 Å². The van der Waals surface area contributed by atoms with Crippen molar-refractivity contribution >= 4 is 40.8 Å². The van der Waals surface area contributed by atoms with E-state index in [1.807, 2.05) is 0 Å².